The molecule has 0 saturated heterocycles. The number of benzene rings is 2. The molecule has 3 aromatic rings. The molecule has 1 aromatic heterocycles. The fraction of sp³-hybridized carbons (Fsp3) is 0.200. The summed E-state index contributed by atoms with van der Waals surface area (Å²) in [4.78, 5) is 3.09. The summed E-state index contributed by atoms with van der Waals surface area (Å²) in [5.74, 6) is -4.49. The van der Waals surface area contributed by atoms with E-state index in [2.05, 4.69) is 4.98 Å². The molecule has 0 aliphatic heterocycles. The number of hydrogen-bond donors (Lipinski definition) is 2. The number of hydrogen-bond acceptors (Lipinski definition) is 1. The van der Waals surface area contributed by atoms with E-state index >= 15 is 0 Å². The van der Waals surface area contributed by atoms with Crippen LogP contribution in [0.25, 0.3) is 21.8 Å². The van der Waals surface area contributed by atoms with Gasteiger partial charge < -0.3 is 10.1 Å². The maximum atomic E-state index is 13.3. The zero-order valence-electron chi connectivity index (χ0n) is 10.7. The quantitative estimate of drug-likeness (QED) is 0.696. The summed E-state index contributed by atoms with van der Waals surface area (Å²) in [6.45, 7) is 0. The van der Waals surface area contributed by atoms with Crippen molar-refractivity contribution in [2.75, 3.05) is 0 Å². The van der Waals surface area contributed by atoms with Gasteiger partial charge in [0.05, 0.1) is 0 Å². The number of aromatic amines is 1. The van der Waals surface area contributed by atoms with Crippen molar-refractivity contribution in [2.45, 2.75) is 18.5 Å². The average molecular weight is 297 g/mol. The Kier molecular flexibility index (Phi) is 3.13. The first-order chi connectivity index (χ1) is 9.91. The number of alkyl halides is 4. The van der Waals surface area contributed by atoms with Crippen molar-refractivity contribution in [1.82, 2.24) is 4.98 Å². The Balaban J connectivity index is 2.14. The van der Waals surface area contributed by atoms with Gasteiger partial charge in [-0.15, -0.1) is 0 Å². The lowest BCUT2D eigenvalue weighted by molar-refractivity contribution is -0.193. The highest BCUT2D eigenvalue weighted by atomic mass is 19.3. The Morgan fingerprint density at radius 2 is 1.62 bits per heavy atom. The van der Waals surface area contributed by atoms with Crippen LogP contribution in [0.15, 0.2) is 42.5 Å². The SMILES string of the molecule is OC(c1ccc2[nH]c3ccccc3c2c1)C(F)(F)C(F)F. The van der Waals surface area contributed by atoms with Crippen LogP contribution < -0.4 is 0 Å². The van der Waals surface area contributed by atoms with Crippen molar-refractivity contribution in [2.24, 2.45) is 0 Å². The van der Waals surface area contributed by atoms with Crippen molar-refractivity contribution in [1.29, 1.82) is 0 Å². The molecule has 6 heteroatoms. The summed E-state index contributed by atoms with van der Waals surface area (Å²) in [5.41, 5.74) is 1.25. The number of aromatic nitrogens is 1. The normalized spacial score (nSPS) is 14.2. The monoisotopic (exact) mass is 297 g/mol. The van der Waals surface area contributed by atoms with Crippen LogP contribution in [0.1, 0.15) is 11.7 Å². The van der Waals surface area contributed by atoms with Gasteiger partial charge in [0.15, 0.2) is 0 Å². The fourth-order valence-electron chi connectivity index (χ4n) is 2.38. The molecule has 2 aromatic carbocycles. The van der Waals surface area contributed by atoms with Crippen molar-refractivity contribution >= 4 is 21.8 Å². The lowest BCUT2D eigenvalue weighted by Crippen LogP contribution is -2.34. The number of halogens is 4. The maximum Gasteiger partial charge on any atom is 0.336 e. The molecule has 2 N–H and O–H groups in total. The first-order valence-corrected chi connectivity index (χ1v) is 6.25. The van der Waals surface area contributed by atoms with Gasteiger partial charge in [-0.2, -0.15) is 8.78 Å². The number of aliphatic hydroxyl groups excluding tert-OH is 1. The van der Waals surface area contributed by atoms with Gasteiger partial charge in [-0.05, 0) is 23.8 Å². The lowest BCUT2D eigenvalue weighted by Gasteiger charge is -2.21. The first kappa shape index (κ1) is 13.9. The van der Waals surface area contributed by atoms with Crippen molar-refractivity contribution in [3.63, 3.8) is 0 Å². The first-order valence-electron chi connectivity index (χ1n) is 6.25. The minimum Gasteiger partial charge on any atom is -0.382 e. The van der Waals surface area contributed by atoms with Gasteiger partial charge in [0, 0.05) is 21.8 Å². The summed E-state index contributed by atoms with van der Waals surface area (Å²) < 4.78 is 51.2. The molecule has 1 unspecified atom stereocenters. The molecule has 21 heavy (non-hydrogen) atoms. The van der Waals surface area contributed by atoms with Gasteiger partial charge >= 0.3 is 12.3 Å². The molecule has 1 atom stereocenters. The van der Waals surface area contributed by atoms with Crippen molar-refractivity contribution < 1.29 is 22.7 Å². The minimum absolute atomic E-state index is 0.238. The third-order valence-corrected chi connectivity index (χ3v) is 3.50. The number of rotatable bonds is 3. The average Bonchev–Trinajstić information content (AvgIpc) is 2.84. The Hall–Kier alpha value is -2.08. The van der Waals surface area contributed by atoms with E-state index in [1.165, 1.54) is 18.2 Å². The molecule has 0 amide bonds. The summed E-state index contributed by atoms with van der Waals surface area (Å²) in [6.07, 6.45) is -6.47. The fourth-order valence-corrected chi connectivity index (χ4v) is 2.38. The minimum atomic E-state index is -4.49. The molecule has 0 bridgehead atoms. The molecule has 0 aliphatic rings. The predicted octanol–water partition coefficient (Wildman–Crippen LogP) is 4.25. The Bertz CT molecular complexity index is 797. The molecule has 0 aliphatic carbocycles. The van der Waals surface area contributed by atoms with Gasteiger partial charge in [-0.3, -0.25) is 0 Å². The summed E-state index contributed by atoms with van der Waals surface area (Å²) in [6, 6.07) is 11.2. The second-order valence-corrected chi connectivity index (χ2v) is 4.85. The van der Waals surface area contributed by atoms with Crippen LogP contribution in [0.4, 0.5) is 17.6 Å². The number of aliphatic hydroxyl groups is 1. The van der Waals surface area contributed by atoms with E-state index in [0.29, 0.717) is 10.9 Å². The third kappa shape index (κ3) is 2.15. The summed E-state index contributed by atoms with van der Waals surface area (Å²) >= 11 is 0. The van der Waals surface area contributed by atoms with Gasteiger partial charge in [-0.1, -0.05) is 24.3 Å². The number of para-hydroxylation sites is 1. The Morgan fingerprint density at radius 3 is 2.33 bits per heavy atom. The number of nitrogens with one attached hydrogen (secondary N) is 1. The highest BCUT2D eigenvalue weighted by Gasteiger charge is 2.48. The van der Waals surface area contributed by atoms with Crippen LogP contribution in [0.5, 0.6) is 0 Å². The lowest BCUT2D eigenvalue weighted by atomic mass is 10.0. The van der Waals surface area contributed by atoms with Crippen molar-refractivity contribution in [3.8, 4) is 0 Å². The second kappa shape index (κ2) is 4.73. The van der Waals surface area contributed by atoms with E-state index in [4.69, 9.17) is 0 Å². The van der Waals surface area contributed by atoms with Crippen LogP contribution >= 0.6 is 0 Å². The van der Waals surface area contributed by atoms with Crippen LogP contribution in [0, 0.1) is 0 Å². The molecule has 3 rings (SSSR count). The topological polar surface area (TPSA) is 36.0 Å². The number of H-pyrrole nitrogens is 1. The van der Waals surface area contributed by atoms with E-state index < -0.39 is 18.5 Å². The van der Waals surface area contributed by atoms with Gasteiger partial charge in [0.1, 0.15) is 6.10 Å². The highest BCUT2D eigenvalue weighted by Crippen LogP contribution is 2.38. The molecule has 1 heterocycles. The third-order valence-electron chi connectivity index (χ3n) is 3.50. The Morgan fingerprint density at radius 1 is 0.952 bits per heavy atom. The zero-order chi connectivity index (χ0) is 15.2. The van der Waals surface area contributed by atoms with Gasteiger partial charge in [-0.25, -0.2) is 8.78 Å². The predicted molar refractivity (Wildman–Crippen MR) is 71.7 cm³/mol. The molecular weight excluding hydrogens is 286 g/mol. The number of fused-ring (bicyclic) bond motifs is 3. The van der Waals surface area contributed by atoms with Crippen molar-refractivity contribution in [3.05, 3.63) is 48.0 Å². The van der Waals surface area contributed by atoms with Crippen LogP contribution in [0.2, 0.25) is 0 Å². The zero-order valence-corrected chi connectivity index (χ0v) is 10.7. The second-order valence-electron chi connectivity index (χ2n) is 4.85. The van der Waals surface area contributed by atoms with E-state index in [-0.39, 0.29) is 5.56 Å². The van der Waals surface area contributed by atoms with Gasteiger partial charge in [0.2, 0.25) is 0 Å². The van der Waals surface area contributed by atoms with E-state index in [1.54, 1.807) is 12.1 Å². The largest absolute Gasteiger partial charge is 0.382 e. The van der Waals surface area contributed by atoms with E-state index in [0.717, 1.165) is 10.9 Å². The van der Waals surface area contributed by atoms with E-state index in [9.17, 15) is 22.7 Å². The van der Waals surface area contributed by atoms with Crippen LogP contribution in [-0.4, -0.2) is 22.4 Å². The van der Waals surface area contributed by atoms with E-state index in [1.807, 2.05) is 12.1 Å². The molecule has 0 saturated carbocycles. The summed E-state index contributed by atoms with van der Waals surface area (Å²) in [5, 5.41) is 10.9. The Labute approximate surface area is 117 Å². The smallest absolute Gasteiger partial charge is 0.336 e. The molecule has 2 nitrogen and oxygen atoms in total. The molecule has 0 spiro atoms. The van der Waals surface area contributed by atoms with Crippen LogP contribution in [-0.2, 0) is 0 Å². The molecule has 0 fully saturated rings. The summed E-state index contributed by atoms with van der Waals surface area (Å²) in [7, 11) is 0. The standard InChI is InChI=1S/C15H11F4NO/c16-14(17)15(18,19)13(21)8-5-6-12-10(7-8)9-3-1-2-4-11(9)20-12/h1-7,13-14,20-21H. The molecular formula is C15H11F4NO. The van der Waals surface area contributed by atoms with Gasteiger partial charge in [0.25, 0.3) is 0 Å². The van der Waals surface area contributed by atoms with Crippen LogP contribution in [0.3, 0.4) is 0 Å². The maximum absolute atomic E-state index is 13.3. The highest BCUT2D eigenvalue weighted by molar-refractivity contribution is 6.07. The molecule has 0 radical (unpaired) electrons. The molecule has 110 valence electrons.